The zero-order chi connectivity index (χ0) is 15.1. The Morgan fingerprint density at radius 2 is 1.90 bits per heavy atom. The second-order valence-electron chi connectivity index (χ2n) is 4.94. The third-order valence-corrected chi connectivity index (χ3v) is 4.63. The summed E-state index contributed by atoms with van der Waals surface area (Å²) in [5.41, 5.74) is 0. The summed E-state index contributed by atoms with van der Waals surface area (Å²) in [6.45, 7) is 0.979. The molecule has 0 aliphatic heterocycles. The summed E-state index contributed by atoms with van der Waals surface area (Å²) in [7, 11) is 0. The van der Waals surface area contributed by atoms with Gasteiger partial charge in [-0.3, -0.25) is 9.59 Å². The van der Waals surface area contributed by atoms with Crippen LogP contribution in [0.3, 0.4) is 0 Å². The molecule has 0 saturated heterocycles. The summed E-state index contributed by atoms with van der Waals surface area (Å²) in [6, 6.07) is 7.59. The van der Waals surface area contributed by atoms with Gasteiger partial charge in [-0.2, -0.15) is 0 Å². The monoisotopic (exact) mass is 326 g/mol. The van der Waals surface area contributed by atoms with E-state index in [4.69, 9.17) is 11.6 Å². The average Bonchev–Trinajstić information content (AvgIpc) is 3.30. The number of carbonyl (C=O) groups is 2. The van der Waals surface area contributed by atoms with Crippen molar-refractivity contribution in [1.82, 2.24) is 10.6 Å². The molecule has 1 saturated carbocycles. The SMILES string of the molecule is O=C(CCSc1ccccc1Cl)NCCNC(=O)C1CC1. The highest BCUT2D eigenvalue weighted by molar-refractivity contribution is 7.99. The molecule has 0 unspecified atom stereocenters. The summed E-state index contributed by atoms with van der Waals surface area (Å²) in [5, 5.41) is 6.32. The lowest BCUT2D eigenvalue weighted by atomic mass is 10.4. The standard InChI is InChI=1S/C15H19ClN2O2S/c16-12-3-1-2-4-13(12)21-10-7-14(19)17-8-9-18-15(20)11-5-6-11/h1-4,11H,5-10H2,(H,17,19)(H,18,20). The van der Waals surface area contributed by atoms with Crippen LogP contribution in [-0.4, -0.2) is 30.7 Å². The molecule has 2 rings (SSSR count). The van der Waals surface area contributed by atoms with Gasteiger partial charge < -0.3 is 10.6 Å². The summed E-state index contributed by atoms with van der Waals surface area (Å²) < 4.78 is 0. The van der Waals surface area contributed by atoms with Crippen LogP contribution in [0.4, 0.5) is 0 Å². The van der Waals surface area contributed by atoms with Gasteiger partial charge in [0.25, 0.3) is 0 Å². The molecule has 0 aromatic heterocycles. The first kappa shape index (κ1) is 16.2. The van der Waals surface area contributed by atoms with Crippen LogP contribution in [0, 0.1) is 5.92 Å². The van der Waals surface area contributed by atoms with Crippen molar-refractivity contribution in [3.05, 3.63) is 29.3 Å². The van der Waals surface area contributed by atoms with Crippen LogP contribution >= 0.6 is 23.4 Å². The van der Waals surface area contributed by atoms with E-state index >= 15 is 0 Å². The molecule has 1 aliphatic carbocycles. The van der Waals surface area contributed by atoms with E-state index in [0.29, 0.717) is 30.3 Å². The number of hydrogen-bond donors (Lipinski definition) is 2. The van der Waals surface area contributed by atoms with Gasteiger partial charge in [0.1, 0.15) is 0 Å². The first-order valence-electron chi connectivity index (χ1n) is 7.08. The van der Waals surface area contributed by atoms with Crippen molar-refractivity contribution in [3.8, 4) is 0 Å². The van der Waals surface area contributed by atoms with Crippen LogP contribution in [-0.2, 0) is 9.59 Å². The largest absolute Gasteiger partial charge is 0.354 e. The number of carbonyl (C=O) groups excluding carboxylic acids is 2. The maximum atomic E-state index is 11.6. The maximum Gasteiger partial charge on any atom is 0.223 e. The van der Waals surface area contributed by atoms with Gasteiger partial charge >= 0.3 is 0 Å². The molecule has 1 fully saturated rings. The molecule has 2 N–H and O–H groups in total. The third kappa shape index (κ3) is 5.98. The molecule has 0 radical (unpaired) electrons. The highest BCUT2D eigenvalue weighted by atomic mass is 35.5. The van der Waals surface area contributed by atoms with Crippen LogP contribution < -0.4 is 10.6 Å². The lowest BCUT2D eigenvalue weighted by Crippen LogP contribution is -2.35. The third-order valence-electron chi connectivity index (χ3n) is 3.12. The van der Waals surface area contributed by atoms with Gasteiger partial charge in [0.2, 0.25) is 11.8 Å². The quantitative estimate of drug-likeness (QED) is 0.570. The number of rotatable bonds is 8. The summed E-state index contributed by atoms with van der Waals surface area (Å²) in [4.78, 5) is 24.0. The highest BCUT2D eigenvalue weighted by Crippen LogP contribution is 2.28. The minimum Gasteiger partial charge on any atom is -0.354 e. The molecule has 1 aromatic rings. The first-order valence-corrected chi connectivity index (χ1v) is 8.45. The number of hydrogen-bond acceptors (Lipinski definition) is 3. The summed E-state index contributed by atoms with van der Waals surface area (Å²) in [6.07, 6.45) is 2.43. The average molecular weight is 327 g/mol. The van der Waals surface area contributed by atoms with E-state index in [2.05, 4.69) is 10.6 Å². The van der Waals surface area contributed by atoms with Crippen molar-refractivity contribution < 1.29 is 9.59 Å². The molecule has 0 bridgehead atoms. The van der Waals surface area contributed by atoms with Crippen molar-refractivity contribution in [1.29, 1.82) is 0 Å². The zero-order valence-corrected chi connectivity index (χ0v) is 13.3. The number of thioether (sulfide) groups is 1. The second-order valence-corrected chi connectivity index (χ2v) is 6.49. The minimum atomic E-state index is -0.00442. The molecule has 0 atom stereocenters. The van der Waals surface area contributed by atoms with E-state index in [-0.39, 0.29) is 17.7 Å². The van der Waals surface area contributed by atoms with E-state index in [1.54, 1.807) is 11.8 Å². The molecule has 4 nitrogen and oxygen atoms in total. The lowest BCUT2D eigenvalue weighted by molar-refractivity contribution is -0.123. The molecule has 6 heteroatoms. The van der Waals surface area contributed by atoms with Gasteiger partial charge in [-0.05, 0) is 25.0 Å². The maximum absolute atomic E-state index is 11.6. The van der Waals surface area contributed by atoms with Gasteiger partial charge in [-0.15, -0.1) is 11.8 Å². The van der Waals surface area contributed by atoms with Crippen molar-refractivity contribution in [2.45, 2.75) is 24.2 Å². The Hall–Kier alpha value is -1.20. The van der Waals surface area contributed by atoms with Crippen LogP contribution in [0.2, 0.25) is 5.02 Å². The van der Waals surface area contributed by atoms with E-state index in [1.807, 2.05) is 24.3 Å². The predicted molar refractivity (Wildman–Crippen MR) is 85.5 cm³/mol. The lowest BCUT2D eigenvalue weighted by Gasteiger charge is -2.07. The molecule has 1 aromatic carbocycles. The van der Waals surface area contributed by atoms with Crippen molar-refractivity contribution in [2.24, 2.45) is 5.92 Å². The number of amides is 2. The number of halogens is 1. The normalized spacial score (nSPS) is 13.8. The van der Waals surface area contributed by atoms with Crippen molar-refractivity contribution in [2.75, 3.05) is 18.8 Å². The Labute approximate surface area is 134 Å². The van der Waals surface area contributed by atoms with E-state index in [9.17, 15) is 9.59 Å². The zero-order valence-electron chi connectivity index (χ0n) is 11.7. The van der Waals surface area contributed by atoms with Crippen LogP contribution in [0.5, 0.6) is 0 Å². The van der Waals surface area contributed by atoms with E-state index in [0.717, 1.165) is 17.7 Å². The van der Waals surface area contributed by atoms with Gasteiger partial charge in [0.15, 0.2) is 0 Å². The molecule has 1 aliphatic rings. The first-order chi connectivity index (χ1) is 10.2. The molecule has 21 heavy (non-hydrogen) atoms. The molecule has 0 heterocycles. The Balaban J connectivity index is 1.53. The summed E-state index contributed by atoms with van der Waals surface area (Å²) in [5.74, 6) is 1.01. The molecule has 0 spiro atoms. The van der Waals surface area contributed by atoms with Crippen LogP contribution in [0.1, 0.15) is 19.3 Å². The smallest absolute Gasteiger partial charge is 0.223 e. The van der Waals surface area contributed by atoms with E-state index < -0.39 is 0 Å². The van der Waals surface area contributed by atoms with Crippen LogP contribution in [0.15, 0.2) is 29.2 Å². The molecular weight excluding hydrogens is 308 g/mol. The van der Waals surface area contributed by atoms with Crippen LogP contribution in [0.25, 0.3) is 0 Å². The van der Waals surface area contributed by atoms with Gasteiger partial charge in [-0.1, -0.05) is 23.7 Å². The predicted octanol–water partition coefficient (Wildman–Crippen LogP) is 2.46. The highest BCUT2D eigenvalue weighted by Gasteiger charge is 2.28. The summed E-state index contributed by atoms with van der Waals surface area (Å²) >= 11 is 7.61. The Bertz CT molecular complexity index is 506. The Morgan fingerprint density at radius 1 is 1.19 bits per heavy atom. The topological polar surface area (TPSA) is 58.2 Å². The fourth-order valence-corrected chi connectivity index (χ4v) is 2.97. The Morgan fingerprint density at radius 3 is 2.62 bits per heavy atom. The fraction of sp³-hybridized carbons (Fsp3) is 0.467. The molecule has 2 amide bonds. The van der Waals surface area contributed by atoms with Gasteiger partial charge in [0, 0.05) is 36.1 Å². The molecular formula is C15H19ClN2O2S. The fourth-order valence-electron chi connectivity index (χ4n) is 1.78. The number of benzene rings is 1. The number of nitrogens with one attached hydrogen (secondary N) is 2. The van der Waals surface area contributed by atoms with Gasteiger partial charge in [0.05, 0.1) is 5.02 Å². The van der Waals surface area contributed by atoms with Crippen molar-refractivity contribution in [3.63, 3.8) is 0 Å². The van der Waals surface area contributed by atoms with Gasteiger partial charge in [-0.25, -0.2) is 0 Å². The van der Waals surface area contributed by atoms with E-state index in [1.165, 1.54) is 0 Å². The Kier molecular flexibility index (Phi) is 6.39. The minimum absolute atomic E-state index is 0.00442. The van der Waals surface area contributed by atoms with Crippen molar-refractivity contribution >= 4 is 35.2 Å². The second kappa shape index (κ2) is 8.29. The molecule has 114 valence electrons.